The quantitative estimate of drug-likeness (QED) is 0.724. The number of carbonyl (C=O) groups is 1. The SMILES string of the molecule is CC(C)(C)OC(=O)NC(CNCc1cc(Br)c(Cl)s1)C1CC1. The molecule has 1 aromatic heterocycles. The Balaban J connectivity index is 1.78. The molecule has 1 aromatic rings. The molecule has 2 N–H and O–H groups in total. The number of hydrogen-bond donors (Lipinski definition) is 2. The van der Waals surface area contributed by atoms with Crippen LogP contribution >= 0.6 is 38.9 Å². The van der Waals surface area contributed by atoms with Gasteiger partial charge in [-0.15, -0.1) is 11.3 Å². The van der Waals surface area contributed by atoms with Crippen LogP contribution in [0.2, 0.25) is 4.34 Å². The van der Waals surface area contributed by atoms with Crippen molar-refractivity contribution in [2.75, 3.05) is 6.54 Å². The van der Waals surface area contributed by atoms with Crippen LogP contribution in [-0.4, -0.2) is 24.3 Å². The molecule has 1 unspecified atom stereocenters. The van der Waals surface area contributed by atoms with Crippen molar-refractivity contribution in [1.82, 2.24) is 10.6 Å². The lowest BCUT2D eigenvalue weighted by Crippen LogP contribution is -2.45. The smallest absolute Gasteiger partial charge is 0.407 e. The molecule has 124 valence electrons. The van der Waals surface area contributed by atoms with E-state index < -0.39 is 5.60 Å². The molecule has 0 bridgehead atoms. The summed E-state index contributed by atoms with van der Waals surface area (Å²) in [5, 5.41) is 6.38. The zero-order chi connectivity index (χ0) is 16.3. The molecule has 0 aliphatic heterocycles. The van der Waals surface area contributed by atoms with Crippen LogP contribution in [0.1, 0.15) is 38.5 Å². The number of carbonyl (C=O) groups excluding carboxylic acids is 1. The van der Waals surface area contributed by atoms with Gasteiger partial charge in [-0.05, 0) is 61.5 Å². The Bertz CT molecular complexity index is 507. The molecule has 1 amide bonds. The minimum Gasteiger partial charge on any atom is -0.444 e. The zero-order valence-electron chi connectivity index (χ0n) is 13.0. The van der Waals surface area contributed by atoms with Crippen LogP contribution in [0.15, 0.2) is 10.5 Å². The van der Waals surface area contributed by atoms with Gasteiger partial charge in [0.1, 0.15) is 9.94 Å². The number of halogens is 2. The molecule has 2 rings (SSSR count). The van der Waals surface area contributed by atoms with E-state index in [1.54, 1.807) is 11.3 Å². The van der Waals surface area contributed by atoms with Crippen LogP contribution in [0.4, 0.5) is 4.79 Å². The van der Waals surface area contributed by atoms with Crippen LogP contribution in [0.25, 0.3) is 0 Å². The summed E-state index contributed by atoms with van der Waals surface area (Å²) < 4.78 is 7.03. The third-order valence-corrected chi connectivity index (χ3v) is 5.73. The molecule has 0 radical (unpaired) electrons. The van der Waals surface area contributed by atoms with Crippen molar-refractivity contribution in [3.8, 4) is 0 Å². The summed E-state index contributed by atoms with van der Waals surface area (Å²) >= 11 is 11.0. The Morgan fingerprint density at radius 1 is 1.55 bits per heavy atom. The predicted octanol–water partition coefficient (Wildman–Crippen LogP) is 4.56. The highest BCUT2D eigenvalue weighted by atomic mass is 79.9. The van der Waals surface area contributed by atoms with Crippen molar-refractivity contribution in [3.05, 3.63) is 19.8 Å². The van der Waals surface area contributed by atoms with Crippen LogP contribution in [0.3, 0.4) is 0 Å². The maximum Gasteiger partial charge on any atom is 0.407 e. The van der Waals surface area contributed by atoms with E-state index >= 15 is 0 Å². The molecule has 1 heterocycles. The summed E-state index contributed by atoms with van der Waals surface area (Å²) in [4.78, 5) is 13.1. The number of nitrogens with one attached hydrogen (secondary N) is 2. The summed E-state index contributed by atoms with van der Waals surface area (Å²) in [6.45, 7) is 7.09. The van der Waals surface area contributed by atoms with Gasteiger partial charge in [0.2, 0.25) is 0 Å². The minimum absolute atomic E-state index is 0.119. The van der Waals surface area contributed by atoms with Crippen LogP contribution in [-0.2, 0) is 11.3 Å². The average molecular weight is 410 g/mol. The van der Waals surface area contributed by atoms with Crippen molar-refractivity contribution in [2.24, 2.45) is 5.92 Å². The summed E-state index contributed by atoms with van der Waals surface area (Å²) in [5.41, 5.74) is -0.467. The third-order valence-electron chi connectivity index (χ3n) is 3.25. The first kappa shape index (κ1) is 18.0. The molecule has 0 aromatic carbocycles. The van der Waals surface area contributed by atoms with Gasteiger partial charge in [0.15, 0.2) is 0 Å². The maximum atomic E-state index is 11.9. The van der Waals surface area contributed by atoms with Crippen LogP contribution < -0.4 is 10.6 Å². The molecular weight excluding hydrogens is 388 g/mol. The summed E-state index contributed by atoms with van der Waals surface area (Å²) in [5.74, 6) is 0.554. The molecule has 1 saturated carbocycles. The van der Waals surface area contributed by atoms with E-state index in [4.69, 9.17) is 16.3 Å². The highest BCUT2D eigenvalue weighted by Crippen LogP contribution is 2.33. The standard InChI is InChI=1S/C15H22BrClN2O2S/c1-15(2,3)21-14(20)19-12(9-4-5-9)8-18-7-10-6-11(16)13(17)22-10/h6,9,12,18H,4-5,7-8H2,1-3H3,(H,19,20). The molecule has 0 spiro atoms. The lowest BCUT2D eigenvalue weighted by atomic mass is 10.2. The molecule has 4 nitrogen and oxygen atoms in total. The minimum atomic E-state index is -0.467. The van der Waals surface area contributed by atoms with Crippen molar-refractivity contribution in [1.29, 1.82) is 0 Å². The van der Waals surface area contributed by atoms with E-state index in [-0.39, 0.29) is 12.1 Å². The average Bonchev–Trinajstić information content (AvgIpc) is 3.14. The fourth-order valence-corrected chi connectivity index (χ4v) is 3.88. The first-order chi connectivity index (χ1) is 10.2. The summed E-state index contributed by atoms with van der Waals surface area (Å²) in [7, 11) is 0. The van der Waals surface area contributed by atoms with Crippen molar-refractivity contribution < 1.29 is 9.53 Å². The fraction of sp³-hybridized carbons (Fsp3) is 0.667. The van der Waals surface area contributed by atoms with Gasteiger partial charge < -0.3 is 15.4 Å². The second-order valence-electron chi connectivity index (χ2n) is 6.56. The monoisotopic (exact) mass is 408 g/mol. The zero-order valence-corrected chi connectivity index (χ0v) is 16.2. The van der Waals surface area contributed by atoms with E-state index in [9.17, 15) is 4.79 Å². The number of rotatable bonds is 6. The Hall–Kier alpha value is -0.300. The number of ether oxygens (including phenoxy) is 1. The van der Waals surface area contributed by atoms with Gasteiger partial charge in [-0.3, -0.25) is 0 Å². The van der Waals surface area contributed by atoms with E-state index in [0.717, 1.165) is 21.9 Å². The summed E-state index contributed by atoms with van der Waals surface area (Å²) in [6.07, 6.45) is 1.99. The Morgan fingerprint density at radius 2 is 2.23 bits per heavy atom. The molecule has 0 saturated heterocycles. The molecule has 7 heteroatoms. The molecule has 1 aliphatic carbocycles. The molecule has 22 heavy (non-hydrogen) atoms. The van der Waals surface area contributed by atoms with Gasteiger partial charge >= 0.3 is 6.09 Å². The van der Waals surface area contributed by atoms with Crippen molar-refractivity contribution >= 4 is 45.0 Å². The number of alkyl carbamates (subject to hydrolysis) is 1. The van der Waals surface area contributed by atoms with E-state index in [1.807, 2.05) is 26.8 Å². The second kappa shape index (κ2) is 7.51. The molecule has 1 atom stereocenters. The number of thiophene rings is 1. The van der Waals surface area contributed by atoms with Crippen LogP contribution in [0, 0.1) is 5.92 Å². The first-order valence-electron chi connectivity index (χ1n) is 7.38. The van der Waals surface area contributed by atoms with Gasteiger partial charge in [0.25, 0.3) is 0 Å². The normalized spacial score (nSPS) is 16.4. The first-order valence-corrected chi connectivity index (χ1v) is 9.37. The van der Waals surface area contributed by atoms with E-state index in [2.05, 4.69) is 26.6 Å². The largest absolute Gasteiger partial charge is 0.444 e. The van der Waals surface area contributed by atoms with Crippen molar-refractivity contribution in [3.63, 3.8) is 0 Å². The highest BCUT2D eigenvalue weighted by molar-refractivity contribution is 9.10. The predicted molar refractivity (Wildman–Crippen MR) is 94.6 cm³/mol. The van der Waals surface area contributed by atoms with Gasteiger partial charge in [-0.25, -0.2) is 4.79 Å². The summed E-state index contributed by atoms with van der Waals surface area (Å²) in [6, 6.07) is 2.14. The molecular formula is C15H22BrClN2O2S. The molecule has 1 aliphatic rings. The second-order valence-corrected chi connectivity index (χ2v) is 9.15. The van der Waals surface area contributed by atoms with E-state index in [1.165, 1.54) is 17.7 Å². The highest BCUT2D eigenvalue weighted by Gasteiger charge is 2.33. The maximum absolute atomic E-state index is 11.9. The fourth-order valence-electron chi connectivity index (χ4n) is 2.12. The van der Waals surface area contributed by atoms with Gasteiger partial charge in [0, 0.05) is 28.5 Å². The number of hydrogen-bond acceptors (Lipinski definition) is 4. The Morgan fingerprint density at radius 3 is 2.73 bits per heavy atom. The van der Waals surface area contributed by atoms with Crippen molar-refractivity contribution in [2.45, 2.75) is 51.8 Å². The van der Waals surface area contributed by atoms with Gasteiger partial charge in [-0.1, -0.05) is 11.6 Å². The molecule has 1 fully saturated rings. The van der Waals surface area contributed by atoms with Gasteiger partial charge in [-0.2, -0.15) is 0 Å². The van der Waals surface area contributed by atoms with Gasteiger partial charge in [0.05, 0.1) is 0 Å². The van der Waals surface area contributed by atoms with E-state index in [0.29, 0.717) is 5.92 Å². The topological polar surface area (TPSA) is 50.4 Å². The Kier molecular flexibility index (Phi) is 6.16. The van der Waals surface area contributed by atoms with Crippen LogP contribution in [0.5, 0.6) is 0 Å². The third kappa shape index (κ3) is 6.07. The Labute approximate surface area is 149 Å². The number of amides is 1. The lowest BCUT2D eigenvalue weighted by Gasteiger charge is -2.23. The lowest BCUT2D eigenvalue weighted by molar-refractivity contribution is 0.0497.